The molecular formula is C12H16O3. The van der Waals surface area contributed by atoms with E-state index in [1.165, 1.54) is 5.56 Å². The minimum atomic E-state index is 0.137. The zero-order valence-electron chi connectivity index (χ0n) is 9.33. The molecule has 0 amide bonds. The van der Waals surface area contributed by atoms with Crippen molar-refractivity contribution in [3.05, 3.63) is 22.8 Å². The van der Waals surface area contributed by atoms with Crippen LogP contribution < -0.4 is 9.47 Å². The van der Waals surface area contributed by atoms with Crippen molar-refractivity contribution in [1.82, 2.24) is 0 Å². The molecule has 0 saturated heterocycles. The third-order valence-corrected chi connectivity index (χ3v) is 3.07. The monoisotopic (exact) mass is 208 g/mol. The number of aliphatic hydroxyl groups is 1. The van der Waals surface area contributed by atoms with Gasteiger partial charge in [0, 0.05) is 12.5 Å². The second-order valence-electron chi connectivity index (χ2n) is 4.03. The lowest BCUT2D eigenvalue weighted by molar-refractivity contribution is 0.173. The summed E-state index contributed by atoms with van der Waals surface area (Å²) in [5.41, 5.74) is 3.43. The standard InChI is InChI=1S/C12H16O3/c1-7(5-13)10-4-11-12(15-6-14-11)9(3)8(10)2/h4,7,13H,5-6H2,1-3H3. The number of hydrogen-bond donors (Lipinski definition) is 1. The van der Waals surface area contributed by atoms with E-state index in [1.807, 2.05) is 19.9 Å². The van der Waals surface area contributed by atoms with Crippen LogP contribution in [-0.2, 0) is 0 Å². The van der Waals surface area contributed by atoms with E-state index in [4.69, 9.17) is 9.47 Å². The molecule has 1 aromatic rings. The van der Waals surface area contributed by atoms with Crippen LogP contribution >= 0.6 is 0 Å². The Hall–Kier alpha value is -1.22. The molecule has 1 aliphatic rings. The van der Waals surface area contributed by atoms with Crippen LogP contribution in [0.2, 0.25) is 0 Å². The Morgan fingerprint density at radius 3 is 2.73 bits per heavy atom. The SMILES string of the molecule is Cc1c(C(C)CO)cc2c(c1C)OCO2. The molecule has 0 aromatic heterocycles. The van der Waals surface area contributed by atoms with E-state index >= 15 is 0 Å². The summed E-state index contributed by atoms with van der Waals surface area (Å²) in [6.45, 7) is 6.53. The third-order valence-electron chi connectivity index (χ3n) is 3.07. The summed E-state index contributed by atoms with van der Waals surface area (Å²) in [4.78, 5) is 0. The second kappa shape index (κ2) is 3.74. The van der Waals surface area contributed by atoms with Gasteiger partial charge in [-0.25, -0.2) is 0 Å². The van der Waals surface area contributed by atoms with E-state index < -0.39 is 0 Å². The van der Waals surface area contributed by atoms with Crippen LogP contribution in [0, 0.1) is 13.8 Å². The van der Waals surface area contributed by atoms with Gasteiger partial charge in [-0.3, -0.25) is 0 Å². The zero-order chi connectivity index (χ0) is 11.0. The molecule has 1 N–H and O–H groups in total. The van der Waals surface area contributed by atoms with Crippen molar-refractivity contribution in [2.75, 3.05) is 13.4 Å². The quantitative estimate of drug-likeness (QED) is 0.809. The Bertz CT molecular complexity index is 385. The molecule has 1 heterocycles. The Morgan fingerprint density at radius 1 is 1.33 bits per heavy atom. The van der Waals surface area contributed by atoms with Gasteiger partial charge in [0.1, 0.15) is 0 Å². The number of aliphatic hydroxyl groups excluding tert-OH is 1. The van der Waals surface area contributed by atoms with Crippen molar-refractivity contribution in [2.45, 2.75) is 26.7 Å². The lowest BCUT2D eigenvalue weighted by Crippen LogP contribution is -2.03. The lowest BCUT2D eigenvalue weighted by atomic mass is 9.93. The van der Waals surface area contributed by atoms with Crippen molar-refractivity contribution in [1.29, 1.82) is 0 Å². The first-order valence-electron chi connectivity index (χ1n) is 5.15. The smallest absolute Gasteiger partial charge is 0.231 e. The van der Waals surface area contributed by atoms with Gasteiger partial charge < -0.3 is 14.6 Å². The van der Waals surface area contributed by atoms with E-state index in [1.54, 1.807) is 0 Å². The first-order valence-corrected chi connectivity index (χ1v) is 5.15. The van der Waals surface area contributed by atoms with Crippen molar-refractivity contribution in [3.8, 4) is 11.5 Å². The third kappa shape index (κ3) is 1.57. The number of benzene rings is 1. The molecule has 0 fully saturated rings. The summed E-state index contributed by atoms with van der Waals surface area (Å²) < 4.78 is 10.8. The number of fused-ring (bicyclic) bond motifs is 1. The van der Waals surface area contributed by atoms with Crippen LogP contribution in [0.3, 0.4) is 0 Å². The predicted octanol–water partition coefficient (Wildman–Crippen LogP) is 2.13. The number of rotatable bonds is 2. The zero-order valence-corrected chi connectivity index (χ0v) is 9.33. The summed E-state index contributed by atoms with van der Waals surface area (Å²) >= 11 is 0. The Balaban J connectivity index is 2.54. The maximum atomic E-state index is 9.18. The molecule has 0 spiro atoms. The van der Waals surface area contributed by atoms with Crippen LogP contribution in [0.1, 0.15) is 29.5 Å². The molecule has 15 heavy (non-hydrogen) atoms. The van der Waals surface area contributed by atoms with Crippen molar-refractivity contribution in [3.63, 3.8) is 0 Å². The fourth-order valence-electron chi connectivity index (χ4n) is 1.94. The topological polar surface area (TPSA) is 38.7 Å². The molecular weight excluding hydrogens is 192 g/mol. The average Bonchev–Trinajstić information content (AvgIpc) is 2.70. The Kier molecular flexibility index (Phi) is 2.57. The number of hydrogen-bond acceptors (Lipinski definition) is 3. The molecule has 0 radical (unpaired) electrons. The molecule has 82 valence electrons. The van der Waals surface area contributed by atoms with Gasteiger partial charge in [-0.1, -0.05) is 6.92 Å². The summed E-state index contributed by atoms with van der Waals surface area (Å²) in [6.07, 6.45) is 0. The first kappa shape index (κ1) is 10.3. The van der Waals surface area contributed by atoms with E-state index in [0.717, 1.165) is 22.6 Å². The van der Waals surface area contributed by atoms with Gasteiger partial charge in [0.05, 0.1) is 0 Å². The van der Waals surface area contributed by atoms with Gasteiger partial charge >= 0.3 is 0 Å². The Morgan fingerprint density at radius 2 is 2.07 bits per heavy atom. The Labute approximate surface area is 89.6 Å². The van der Waals surface area contributed by atoms with Gasteiger partial charge in [0.15, 0.2) is 11.5 Å². The van der Waals surface area contributed by atoms with Crippen molar-refractivity contribution < 1.29 is 14.6 Å². The van der Waals surface area contributed by atoms with Crippen LogP contribution in [0.25, 0.3) is 0 Å². The highest BCUT2D eigenvalue weighted by atomic mass is 16.7. The molecule has 1 unspecified atom stereocenters. The van der Waals surface area contributed by atoms with E-state index in [-0.39, 0.29) is 12.5 Å². The van der Waals surface area contributed by atoms with Gasteiger partial charge in [-0.2, -0.15) is 0 Å². The van der Waals surface area contributed by atoms with Crippen molar-refractivity contribution in [2.24, 2.45) is 0 Å². The van der Waals surface area contributed by atoms with Crippen molar-refractivity contribution >= 4 is 0 Å². The summed E-state index contributed by atoms with van der Waals surface area (Å²) in [7, 11) is 0. The molecule has 3 nitrogen and oxygen atoms in total. The van der Waals surface area contributed by atoms with E-state index in [9.17, 15) is 5.11 Å². The number of ether oxygens (including phenoxy) is 2. The summed E-state index contributed by atoms with van der Waals surface area (Å²) in [5.74, 6) is 1.79. The van der Waals surface area contributed by atoms with Gasteiger partial charge in [0.2, 0.25) is 6.79 Å². The minimum Gasteiger partial charge on any atom is -0.454 e. The van der Waals surface area contributed by atoms with Gasteiger partial charge in [-0.15, -0.1) is 0 Å². The van der Waals surface area contributed by atoms with E-state index in [0.29, 0.717) is 6.79 Å². The van der Waals surface area contributed by atoms with Crippen LogP contribution in [0.15, 0.2) is 6.07 Å². The largest absolute Gasteiger partial charge is 0.454 e. The molecule has 0 saturated carbocycles. The normalized spacial score (nSPS) is 15.5. The second-order valence-corrected chi connectivity index (χ2v) is 4.03. The van der Waals surface area contributed by atoms with Gasteiger partial charge in [-0.05, 0) is 36.6 Å². The van der Waals surface area contributed by atoms with Crippen LogP contribution in [-0.4, -0.2) is 18.5 Å². The lowest BCUT2D eigenvalue weighted by Gasteiger charge is -2.15. The summed E-state index contributed by atoms with van der Waals surface area (Å²) in [6, 6.07) is 1.98. The predicted molar refractivity (Wildman–Crippen MR) is 57.5 cm³/mol. The molecule has 3 heteroatoms. The summed E-state index contributed by atoms with van der Waals surface area (Å²) in [5, 5.41) is 9.18. The highest BCUT2D eigenvalue weighted by Gasteiger charge is 2.21. The maximum Gasteiger partial charge on any atom is 0.231 e. The molecule has 1 atom stereocenters. The van der Waals surface area contributed by atoms with Crippen LogP contribution in [0.5, 0.6) is 11.5 Å². The molecule has 0 bridgehead atoms. The molecule has 1 aliphatic heterocycles. The molecule has 0 aliphatic carbocycles. The van der Waals surface area contributed by atoms with Gasteiger partial charge in [0.25, 0.3) is 0 Å². The first-order chi connectivity index (χ1) is 7.15. The fourth-order valence-corrected chi connectivity index (χ4v) is 1.94. The van der Waals surface area contributed by atoms with Crippen LogP contribution in [0.4, 0.5) is 0 Å². The maximum absolute atomic E-state index is 9.18. The molecule has 1 aromatic carbocycles. The molecule has 2 rings (SSSR count). The van der Waals surface area contributed by atoms with E-state index in [2.05, 4.69) is 6.92 Å². The highest BCUT2D eigenvalue weighted by molar-refractivity contribution is 5.55. The fraction of sp³-hybridized carbons (Fsp3) is 0.500. The average molecular weight is 208 g/mol. The minimum absolute atomic E-state index is 0.137. The highest BCUT2D eigenvalue weighted by Crippen LogP contribution is 2.40.